The first-order chi connectivity index (χ1) is 13.2. The van der Waals surface area contributed by atoms with Gasteiger partial charge in [0.2, 0.25) is 5.88 Å². The van der Waals surface area contributed by atoms with Gasteiger partial charge in [-0.2, -0.15) is 0 Å². The predicted molar refractivity (Wildman–Crippen MR) is 104 cm³/mol. The normalized spacial score (nSPS) is 15.9. The van der Waals surface area contributed by atoms with E-state index in [1.165, 1.54) is 5.56 Å². The van der Waals surface area contributed by atoms with Crippen LogP contribution in [-0.2, 0) is 5.41 Å². The third kappa shape index (κ3) is 2.65. The predicted octanol–water partition coefficient (Wildman–Crippen LogP) is 4.04. The van der Waals surface area contributed by atoms with Crippen LogP contribution in [0.2, 0.25) is 0 Å². The molecule has 0 bridgehead atoms. The van der Waals surface area contributed by atoms with Crippen LogP contribution >= 0.6 is 0 Å². The Balaban J connectivity index is 1.40. The number of benzene rings is 1. The number of rotatable bonds is 4. The van der Waals surface area contributed by atoms with Crippen LogP contribution in [0.1, 0.15) is 18.4 Å². The highest BCUT2D eigenvalue weighted by molar-refractivity contribution is 5.71. The summed E-state index contributed by atoms with van der Waals surface area (Å²) in [6.07, 6.45) is 5.76. The van der Waals surface area contributed by atoms with Crippen LogP contribution in [0.4, 0.5) is 17.2 Å². The van der Waals surface area contributed by atoms with Gasteiger partial charge in [0.15, 0.2) is 0 Å². The second kappa shape index (κ2) is 5.87. The molecule has 5 rings (SSSR count). The van der Waals surface area contributed by atoms with Gasteiger partial charge in [-0.1, -0.05) is 6.07 Å². The van der Waals surface area contributed by atoms with Gasteiger partial charge in [0.1, 0.15) is 17.3 Å². The summed E-state index contributed by atoms with van der Waals surface area (Å²) in [7, 11) is 1.93. The summed E-state index contributed by atoms with van der Waals surface area (Å²) in [6, 6.07) is 13.6. The van der Waals surface area contributed by atoms with Gasteiger partial charge in [-0.15, -0.1) is 0 Å². The zero-order valence-electron chi connectivity index (χ0n) is 15.1. The monoisotopic (exact) mass is 360 g/mol. The number of ether oxygens (including phenoxy) is 2. The number of nitrogens with zero attached hydrogens (tertiary/aromatic N) is 3. The zero-order valence-corrected chi connectivity index (χ0v) is 15.1. The maximum absolute atomic E-state index is 6.11. The van der Waals surface area contributed by atoms with E-state index in [-0.39, 0.29) is 5.41 Å². The molecule has 0 saturated heterocycles. The first-order valence-electron chi connectivity index (χ1n) is 9.01. The van der Waals surface area contributed by atoms with Crippen molar-refractivity contribution in [3.63, 3.8) is 0 Å². The van der Waals surface area contributed by atoms with Crippen LogP contribution in [0.5, 0.6) is 17.4 Å². The Kier molecular flexibility index (Phi) is 3.47. The molecule has 1 spiro atoms. The van der Waals surface area contributed by atoms with Crippen molar-refractivity contribution >= 4 is 17.2 Å². The minimum absolute atomic E-state index is 0.157. The average Bonchev–Trinajstić information content (AvgIpc) is 3.37. The van der Waals surface area contributed by atoms with Gasteiger partial charge in [0, 0.05) is 30.3 Å². The van der Waals surface area contributed by atoms with Crippen molar-refractivity contribution in [1.29, 1.82) is 0 Å². The van der Waals surface area contributed by atoms with Gasteiger partial charge in [-0.05, 0) is 43.2 Å². The summed E-state index contributed by atoms with van der Waals surface area (Å²) < 4.78 is 12.0. The van der Waals surface area contributed by atoms with E-state index in [0.717, 1.165) is 42.3 Å². The molecule has 0 amide bonds. The molecular weight excluding hydrogens is 340 g/mol. The van der Waals surface area contributed by atoms with Crippen molar-refractivity contribution in [2.45, 2.75) is 18.3 Å². The molecule has 0 radical (unpaired) electrons. The number of anilines is 3. The molecule has 2 N–H and O–H groups in total. The summed E-state index contributed by atoms with van der Waals surface area (Å²) in [5.41, 5.74) is 9.05. The highest BCUT2D eigenvalue weighted by atomic mass is 16.5. The van der Waals surface area contributed by atoms with Crippen molar-refractivity contribution in [1.82, 2.24) is 9.97 Å². The van der Waals surface area contributed by atoms with E-state index in [2.05, 4.69) is 9.97 Å². The largest absolute Gasteiger partial charge is 0.492 e. The molecule has 2 aliphatic rings. The standard InChI is InChI=1S/C21H20N4O2/c1-25(15-4-3-11-23-20(15)22)14-7-8-18(24-12-14)27-17-6-2-5-16-19(17)21(9-10-21)13-26-16/h2-8,11-12H,9-10,13H2,1H3,(H2,22,23). The molecular formula is C21H20N4O2. The smallest absolute Gasteiger partial charge is 0.219 e. The van der Waals surface area contributed by atoms with Gasteiger partial charge in [-0.25, -0.2) is 9.97 Å². The van der Waals surface area contributed by atoms with Gasteiger partial charge in [0.05, 0.1) is 24.2 Å². The Hall–Kier alpha value is -3.28. The quantitative estimate of drug-likeness (QED) is 0.757. The van der Waals surface area contributed by atoms with E-state index in [0.29, 0.717) is 11.7 Å². The Morgan fingerprint density at radius 2 is 2.00 bits per heavy atom. The van der Waals surface area contributed by atoms with Gasteiger partial charge < -0.3 is 20.1 Å². The molecule has 1 aliphatic heterocycles. The van der Waals surface area contributed by atoms with Crippen molar-refractivity contribution in [3.8, 4) is 17.4 Å². The van der Waals surface area contributed by atoms with Crippen molar-refractivity contribution < 1.29 is 9.47 Å². The number of nitrogens with two attached hydrogens (primary N) is 1. The first-order valence-corrected chi connectivity index (χ1v) is 9.01. The maximum Gasteiger partial charge on any atom is 0.219 e. The molecule has 2 aromatic heterocycles. The molecule has 1 saturated carbocycles. The van der Waals surface area contributed by atoms with Crippen LogP contribution in [0, 0.1) is 0 Å². The second-order valence-electron chi connectivity index (χ2n) is 7.12. The molecule has 1 aliphatic carbocycles. The molecule has 3 heterocycles. The van der Waals surface area contributed by atoms with Gasteiger partial charge >= 0.3 is 0 Å². The lowest BCUT2D eigenvalue weighted by Gasteiger charge is -2.20. The molecule has 136 valence electrons. The van der Waals surface area contributed by atoms with E-state index in [1.54, 1.807) is 12.4 Å². The van der Waals surface area contributed by atoms with E-state index >= 15 is 0 Å². The van der Waals surface area contributed by atoms with Crippen LogP contribution < -0.4 is 20.1 Å². The fourth-order valence-corrected chi connectivity index (χ4v) is 3.65. The highest BCUT2D eigenvalue weighted by Crippen LogP contribution is 2.58. The molecule has 6 nitrogen and oxygen atoms in total. The molecule has 0 unspecified atom stereocenters. The Bertz CT molecular complexity index is 999. The zero-order chi connectivity index (χ0) is 18.4. The number of pyridine rings is 2. The molecule has 1 aromatic carbocycles. The van der Waals surface area contributed by atoms with Crippen LogP contribution in [0.25, 0.3) is 0 Å². The topological polar surface area (TPSA) is 73.5 Å². The first kappa shape index (κ1) is 15.9. The Morgan fingerprint density at radius 1 is 1.11 bits per heavy atom. The van der Waals surface area contributed by atoms with Gasteiger partial charge in [-0.3, -0.25) is 0 Å². The summed E-state index contributed by atoms with van der Waals surface area (Å²) >= 11 is 0. The average molecular weight is 360 g/mol. The van der Waals surface area contributed by atoms with E-state index in [1.807, 2.05) is 54.4 Å². The van der Waals surface area contributed by atoms with E-state index in [9.17, 15) is 0 Å². The molecule has 1 fully saturated rings. The molecule has 0 atom stereocenters. The van der Waals surface area contributed by atoms with Crippen molar-refractivity contribution in [3.05, 3.63) is 60.4 Å². The minimum atomic E-state index is 0.157. The summed E-state index contributed by atoms with van der Waals surface area (Å²) in [5.74, 6) is 2.82. The third-order valence-corrected chi connectivity index (χ3v) is 5.38. The summed E-state index contributed by atoms with van der Waals surface area (Å²) in [6.45, 7) is 0.756. The number of aromatic nitrogens is 2. The number of hydrogen-bond acceptors (Lipinski definition) is 6. The maximum atomic E-state index is 6.11. The number of fused-ring (bicyclic) bond motifs is 2. The fourth-order valence-electron chi connectivity index (χ4n) is 3.65. The Morgan fingerprint density at radius 3 is 2.74 bits per heavy atom. The van der Waals surface area contributed by atoms with Crippen LogP contribution in [-0.4, -0.2) is 23.6 Å². The molecule has 3 aromatic rings. The van der Waals surface area contributed by atoms with E-state index in [4.69, 9.17) is 15.2 Å². The minimum Gasteiger partial charge on any atom is -0.492 e. The number of hydrogen-bond donors (Lipinski definition) is 1. The number of nitrogen functional groups attached to an aromatic ring is 1. The highest BCUT2D eigenvalue weighted by Gasteiger charge is 2.52. The van der Waals surface area contributed by atoms with Gasteiger partial charge in [0.25, 0.3) is 0 Å². The third-order valence-electron chi connectivity index (χ3n) is 5.38. The van der Waals surface area contributed by atoms with Crippen molar-refractivity contribution in [2.75, 3.05) is 24.3 Å². The fraction of sp³-hybridized carbons (Fsp3) is 0.238. The summed E-state index contributed by atoms with van der Waals surface area (Å²) in [5, 5.41) is 0. The van der Waals surface area contributed by atoms with Crippen LogP contribution in [0.15, 0.2) is 54.9 Å². The SMILES string of the molecule is CN(c1ccc(Oc2cccc3c2C2(CC2)CO3)nc1)c1cccnc1N. The summed E-state index contributed by atoms with van der Waals surface area (Å²) in [4.78, 5) is 10.6. The van der Waals surface area contributed by atoms with Crippen LogP contribution in [0.3, 0.4) is 0 Å². The van der Waals surface area contributed by atoms with Crippen molar-refractivity contribution in [2.24, 2.45) is 0 Å². The second-order valence-corrected chi connectivity index (χ2v) is 7.12. The molecule has 6 heteroatoms. The lowest BCUT2D eigenvalue weighted by atomic mass is 9.97. The molecule has 27 heavy (non-hydrogen) atoms. The lowest BCUT2D eigenvalue weighted by molar-refractivity contribution is 0.323. The lowest BCUT2D eigenvalue weighted by Crippen LogP contribution is -2.12. The van der Waals surface area contributed by atoms with E-state index < -0.39 is 0 Å². The Labute approximate surface area is 157 Å².